The van der Waals surface area contributed by atoms with Crippen molar-refractivity contribution in [2.24, 2.45) is 11.7 Å². The fourth-order valence-corrected chi connectivity index (χ4v) is 4.52. The molecule has 6 nitrogen and oxygen atoms in total. The SMILES string of the molecule is CCOC(=O)Oc1cc(C)c(CC(N)C(=O)N2CC(C)Cc3ccccc32)c(Br)c1. The van der Waals surface area contributed by atoms with Gasteiger partial charge < -0.3 is 20.1 Å². The van der Waals surface area contributed by atoms with Crippen LogP contribution in [-0.2, 0) is 22.4 Å². The van der Waals surface area contributed by atoms with Crippen molar-refractivity contribution >= 4 is 33.7 Å². The summed E-state index contributed by atoms with van der Waals surface area (Å²) in [5, 5.41) is 0. The molecule has 0 aromatic heterocycles. The van der Waals surface area contributed by atoms with E-state index in [0.29, 0.717) is 24.6 Å². The van der Waals surface area contributed by atoms with E-state index in [0.717, 1.165) is 27.7 Å². The van der Waals surface area contributed by atoms with Gasteiger partial charge in [0, 0.05) is 16.7 Å². The number of halogens is 1. The number of ether oxygens (including phenoxy) is 2. The molecule has 1 amide bonds. The number of hydrogen-bond acceptors (Lipinski definition) is 5. The number of nitrogens with two attached hydrogens (primary N) is 1. The Labute approximate surface area is 185 Å². The maximum Gasteiger partial charge on any atom is 0.513 e. The van der Waals surface area contributed by atoms with Gasteiger partial charge in [0.05, 0.1) is 12.6 Å². The lowest BCUT2D eigenvalue weighted by molar-refractivity contribution is -0.120. The molecule has 0 bridgehead atoms. The van der Waals surface area contributed by atoms with Crippen molar-refractivity contribution in [3.05, 3.63) is 57.6 Å². The number of fused-ring (bicyclic) bond motifs is 1. The van der Waals surface area contributed by atoms with Crippen LogP contribution in [0.2, 0.25) is 0 Å². The van der Waals surface area contributed by atoms with Crippen LogP contribution in [0.4, 0.5) is 10.5 Å². The van der Waals surface area contributed by atoms with E-state index in [1.165, 1.54) is 5.56 Å². The molecule has 2 aromatic rings. The first-order valence-corrected chi connectivity index (χ1v) is 10.9. The zero-order valence-corrected chi connectivity index (χ0v) is 19.1. The molecule has 1 aliphatic heterocycles. The number of carbonyl (C=O) groups excluding carboxylic acids is 2. The molecule has 0 saturated carbocycles. The third kappa shape index (κ3) is 5.02. The highest BCUT2D eigenvalue weighted by molar-refractivity contribution is 9.10. The van der Waals surface area contributed by atoms with Gasteiger partial charge in [-0.2, -0.15) is 0 Å². The van der Waals surface area contributed by atoms with Gasteiger partial charge in [0.2, 0.25) is 5.91 Å². The minimum Gasteiger partial charge on any atom is -0.434 e. The zero-order valence-electron chi connectivity index (χ0n) is 17.5. The Hall–Kier alpha value is -2.38. The first-order valence-electron chi connectivity index (χ1n) is 10.1. The lowest BCUT2D eigenvalue weighted by Crippen LogP contribution is -2.48. The molecule has 0 aliphatic carbocycles. The van der Waals surface area contributed by atoms with E-state index in [-0.39, 0.29) is 12.5 Å². The van der Waals surface area contributed by atoms with E-state index >= 15 is 0 Å². The summed E-state index contributed by atoms with van der Waals surface area (Å²) < 4.78 is 10.7. The second-order valence-corrected chi connectivity index (χ2v) is 8.54. The molecule has 30 heavy (non-hydrogen) atoms. The lowest BCUT2D eigenvalue weighted by Gasteiger charge is -2.34. The molecule has 1 aliphatic rings. The van der Waals surface area contributed by atoms with Gasteiger partial charge in [-0.3, -0.25) is 4.79 Å². The summed E-state index contributed by atoms with van der Waals surface area (Å²) in [4.78, 5) is 26.6. The summed E-state index contributed by atoms with van der Waals surface area (Å²) >= 11 is 3.52. The number of nitrogens with zero attached hydrogens (tertiary/aromatic N) is 1. The van der Waals surface area contributed by atoms with E-state index in [1.807, 2.05) is 30.0 Å². The third-order valence-corrected chi connectivity index (χ3v) is 5.92. The Morgan fingerprint density at radius 2 is 2.03 bits per heavy atom. The molecule has 3 rings (SSSR count). The first kappa shape index (κ1) is 22.3. The van der Waals surface area contributed by atoms with E-state index in [1.54, 1.807) is 19.1 Å². The number of amides is 1. The Morgan fingerprint density at radius 1 is 1.30 bits per heavy atom. The summed E-state index contributed by atoms with van der Waals surface area (Å²) in [5.74, 6) is 0.663. The number of para-hydroxylation sites is 1. The first-order chi connectivity index (χ1) is 14.3. The summed E-state index contributed by atoms with van der Waals surface area (Å²) in [6.45, 7) is 6.66. The second kappa shape index (κ2) is 9.62. The molecule has 7 heteroatoms. The van der Waals surface area contributed by atoms with Gasteiger partial charge in [0.15, 0.2) is 0 Å². The van der Waals surface area contributed by atoms with E-state index in [2.05, 4.69) is 28.9 Å². The molecule has 1 heterocycles. The van der Waals surface area contributed by atoms with Crippen LogP contribution in [-0.4, -0.2) is 31.3 Å². The van der Waals surface area contributed by atoms with Crippen LogP contribution in [0.1, 0.15) is 30.5 Å². The Kier molecular flexibility index (Phi) is 7.15. The predicted molar refractivity (Wildman–Crippen MR) is 120 cm³/mol. The van der Waals surface area contributed by atoms with Crippen molar-refractivity contribution in [1.29, 1.82) is 0 Å². The van der Waals surface area contributed by atoms with Crippen LogP contribution in [0.3, 0.4) is 0 Å². The average molecular weight is 475 g/mol. The molecule has 0 fully saturated rings. The summed E-state index contributed by atoms with van der Waals surface area (Å²) in [6, 6.07) is 10.7. The standard InChI is InChI=1S/C23H27BrN2O4/c1-4-29-23(28)30-17-10-15(3)18(19(24)11-17)12-20(25)22(27)26-13-14(2)9-16-7-5-6-8-21(16)26/h5-8,10-11,14,20H,4,9,12-13,25H2,1-3H3. The third-order valence-electron chi connectivity index (χ3n) is 5.21. The molecule has 0 saturated heterocycles. The minimum absolute atomic E-state index is 0.0906. The molecule has 2 unspecified atom stereocenters. The highest BCUT2D eigenvalue weighted by Crippen LogP contribution is 2.31. The lowest BCUT2D eigenvalue weighted by atomic mass is 9.92. The van der Waals surface area contributed by atoms with Crippen molar-refractivity contribution < 1.29 is 19.1 Å². The van der Waals surface area contributed by atoms with Gasteiger partial charge in [-0.05, 0) is 67.5 Å². The Bertz CT molecular complexity index is 924. The van der Waals surface area contributed by atoms with E-state index in [9.17, 15) is 9.59 Å². The van der Waals surface area contributed by atoms with Crippen molar-refractivity contribution in [3.63, 3.8) is 0 Å². The van der Waals surface area contributed by atoms with Crippen LogP contribution in [0.15, 0.2) is 40.9 Å². The number of hydrogen-bond donors (Lipinski definition) is 1. The highest BCUT2D eigenvalue weighted by atomic mass is 79.9. The van der Waals surface area contributed by atoms with E-state index in [4.69, 9.17) is 15.2 Å². The number of benzene rings is 2. The Balaban J connectivity index is 1.77. The van der Waals surface area contributed by atoms with Gasteiger partial charge in [-0.15, -0.1) is 0 Å². The smallest absolute Gasteiger partial charge is 0.434 e. The van der Waals surface area contributed by atoms with Crippen LogP contribution >= 0.6 is 15.9 Å². The number of aryl methyl sites for hydroxylation is 1. The van der Waals surface area contributed by atoms with Gasteiger partial charge >= 0.3 is 6.16 Å². The molecule has 2 aromatic carbocycles. The van der Waals surface area contributed by atoms with Gasteiger partial charge in [-0.25, -0.2) is 4.79 Å². The molecule has 2 N–H and O–H groups in total. The number of carbonyl (C=O) groups is 2. The summed E-state index contributed by atoms with van der Waals surface area (Å²) in [6.07, 6.45) is 0.584. The molecule has 0 spiro atoms. The fraction of sp³-hybridized carbons (Fsp3) is 0.391. The molecule has 2 atom stereocenters. The van der Waals surface area contributed by atoms with E-state index < -0.39 is 12.2 Å². The predicted octanol–water partition coefficient (Wildman–Crippen LogP) is 4.39. The van der Waals surface area contributed by atoms with Crippen molar-refractivity contribution in [2.75, 3.05) is 18.1 Å². The van der Waals surface area contributed by atoms with Gasteiger partial charge in [-0.1, -0.05) is 41.1 Å². The molecule has 0 radical (unpaired) electrons. The van der Waals surface area contributed by atoms with Crippen molar-refractivity contribution in [2.45, 2.75) is 39.7 Å². The topological polar surface area (TPSA) is 81.9 Å². The maximum atomic E-state index is 13.2. The fourth-order valence-electron chi connectivity index (χ4n) is 3.82. The quantitative estimate of drug-likeness (QED) is 0.513. The largest absolute Gasteiger partial charge is 0.513 e. The average Bonchev–Trinajstić information content (AvgIpc) is 2.69. The van der Waals surface area contributed by atoms with Crippen LogP contribution < -0.4 is 15.4 Å². The molecular formula is C23H27BrN2O4. The second-order valence-electron chi connectivity index (χ2n) is 7.68. The summed E-state index contributed by atoms with van der Waals surface area (Å²) in [7, 11) is 0. The molecule has 160 valence electrons. The minimum atomic E-state index is -0.749. The van der Waals surface area contributed by atoms with Crippen LogP contribution in [0.25, 0.3) is 0 Å². The normalized spacial score (nSPS) is 16.6. The van der Waals surface area contributed by atoms with Gasteiger partial charge in [0.25, 0.3) is 0 Å². The number of rotatable bonds is 5. The Morgan fingerprint density at radius 3 is 2.73 bits per heavy atom. The number of anilines is 1. The van der Waals surface area contributed by atoms with Crippen LogP contribution in [0, 0.1) is 12.8 Å². The van der Waals surface area contributed by atoms with Gasteiger partial charge in [0.1, 0.15) is 5.75 Å². The zero-order chi connectivity index (χ0) is 21.8. The summed E-state index contributed by atoms with van der Waals surface area (Å²) in [5.41, 5.74) is 10.3. The highest BCUT2D eigenvalue weighted by Gasteiger charge is 2.30. The monoisotopic (exact) mass is 474 g/mol. The molecular weight excluding hydrogens is 448 g/mol. The van der Waals surface area contributed by atoms with Crippen molar-refractivity contribution in [1.82, 2.24) is 0 Å². The van der Waals surface area contributed by atoms with Crippen molar-refractivity contribution in [3.8, 4) is 5.75 Å². The van der Waals surface area contributed by atoms with Crippen LogP contribution in [0.5, 0.6) is 5.75 Å². The maximum absolute atomic E-state index is 13.2.